The zero-order valence-corrected chi connectivity index (χ0v) is 17.7. The molecule has 1 fully saturated rings. The van der Waals surface area contributed by atoms with E-state index >= 15 is 0 Å². The van der Waals surface area contributed by atoms with Gasteiger partial charge in [-0.15, -0.1) is 0 Å². The summed E-state index contributed by atoms with van der Waals surface area (Å²) >= 11 is 0. The topological polar surface area (TPSA) is 50.2 Å². The standard InChI is InChI=1S/C23H34N4O/c1-17(2)16-27-19(4)21(18(3)25-27)14-23(28)24-15-22(26-12-8-9-13-26)20-10-6-5-7-11-20/h5-7,10-11,17,22H,8-9,12-16H2,1-4H3,(H,24,28)/t22-/m1/s1. The molecule has 0 aliphatic carbocycles. The van der Waals surface area contributed by atoms with Gasteiger partial charge in [0, 0.05) is 24.3 Å². The fourth-order valence-electron chi connectivity index (χ4n) is 4.13. The Morgan fingerprint density at radius 1 is 1.14 bits per heavy atom. The lowest BCUT2D eigenvalue weighted by Gasteiger charge is -2.28. The fraction of sp³-hybridized carbons (Fsp3) is 0.565. The van der Waals surface area contributed by atoms with Crippen molar-refractivity contribution in [2.45, 2.75) is 59.5 Å². The highest BCUT2D eigenvalue weighted by Gasteiger charge is 2.24. The first-order chi connectivity index (χ1) is 13.5. The molecule has 1 saturated heterocycles. The van der Waals surface area contributed by atoms with Gasteiger partial charge in [0.2, 0.25) is 5.91 Å². The van der Waals surface area contributed by atoms with Gasteiger partial charge in [0.25, 0.3) is 0 Å². The number of amides is 1. The molecule has 1 aromatic carbocycles. The molecule has 1 aromatic heterocycles. The molecule has 5 nitrogen and oxygen atoms in total. The lowest BCUT2D eigenvalue weighted by atomic mass is 10.0. The van der Waals surface area contributed by atoms with Gasteiger partial charge in [0.05, 0.1) is 18.2 Å². The Morgan fingerprint density at radius 2 is 1.82 bits per heavy atom. The zero-order chi connectivity index (χ0) is 20.1. The van der Waals surface area contributed by atoms with Gasteiger partial charge in [-0.1, -0.05) is 44.2 Å². The summed E-state index contributed by atoms with van der Waals surface area (Å²) in [5, 5.41) is 7.83. The molecule has 28 heavy (non-hydrogen) atoms. The van der Waals surface area contributed by atoms with Crippen LogP contribution in [0.15, 0.2) is 30.3 Å². The highest BCUT2D eigenvalue weighted by molar-refractivity contribution is 5.79. The third-order valence-corrected chi connectivity index (χ3v) is 5.67. The van der Waals surface area contributed by atoms with E-state index in [4.69, 9.17) is 0 Å². The number of likely N-dealkylation sites (tertiary alicyclic amines) is 1. The molecule has 2 aromatic rings. The summed E-state index contributed by atoms with van der Waals surface area (Å²) in [4.78, 5) is 15.2. The maximum Gasteiger partial charge on any atom is 0.224 e. The molecular weight excluding hydrogens is 348 g/mol. The Hall–Kier alpha value is -2.14. The molecule has 0 unspecified atom stereocenters. The summed E-state index contributed by atoms with van der Waals surface area (Å²) < 4.78 is 2.04. The van der Waals surface area contributed by atoms with Crippen LogP contribution in [0.25, 0.3) is 0 Å². The van der Waals surface area contributed by atoms with Crippen LogP contribution in [0.4, 0.5) is 0 Å². The summed E-state index contributed by atoms with van der Waals surface area (Å²) in [6.07, 6.45) is 2.88. The number of benzene rings is 1. The second-order valence-corrected chi connectivity index (χ2v) is 8.38. The number of aromatic nitrogens is 2. The molecule has 0 radical (unpaired) electrons. The molecule has 1 aliphatic rings. The normalized spacial score (nSPS) is 15.9. The minimum absolute atomic E-state index is 0.0791. The predicted octanol–water partition coefficient (Wildman–Crippen LogP) is 3.65. The Balaban J connectivity index is 1.64. The molecule has 1 N–H and O–H groups in total. The number of hydrogen-bond donors (Lipinski definition) is 1. The molecular formula is C23H34N4O. The number of aryl methyl sites for hydroxylation is 1. The first kappa shape index (κ1) is 20.6. The number of rotatable bonds is 8. The van der Waals surface area contributed by atoms with Crippen LogP contribution >= 0.6 is 0 Å². The summed E-state index contributed by atoms with van der Waals surface area (Å²) in [5.74, 6) is 0.613. The highest BCUT2D eigenvalue weighted by Crippen LogP contribution is 2.24. The van der Waals surface area contributed by atoms with Gasteiger partial charge >= 0.3 is 0 Å². The van der Waals surface area contributed by atoms with Crippen LogP contribution in [0.3, 0.4) is 0 Å². The monoisotopic (exact) mass is 382 g/mol. The van der Waals surface area contributed by atoms with E-state index in [-0.39, 0.29) is 11.9 Å². The van der Waals surface area contributed by atoms with E-state index in [1.807, 2.05) is 17.7 Å². The summed E-state index contributed by atoms with van der Waals surface area (Å²) in [6.45, 7) is 12.2. The smallest absolute Gasteiger partial charge is 0.224 e. The van der Waals surface area contributed by atoms with Crippen molar-refractivity contribution in [3.05, 3.63) is 52.8 Å². The van der Waals surface area contributed by atoms with Gasteiger partial charge in [0.15, 0.2) is 0 Å². The van der Waals surface area contributed by atoms with Crippen molar-refractivity contribution >= 4 is 5.91 Å². The van der Waals surface area contributed by atoms with Crippen molar-refractivity contribution in [1.29, 1.82) is 0 Å². The molecule has 5 heteroatoms. The Morgan fingerprint density at radius 3 is 2.46 bits per heavy atom. The quantitative estimate of drug-likeness (QED) is 0.758. The SMILES string of the molecule is Cc1nn(CC(C)C)c(C)c1CC(=O)NC[C@H](c1ccccc1)N1CCCC1. The van der Waals surface area contributed by atoms with Crippen molar-refractivity contribution in [1.82, 2.24) is 20.0 Å². The predicted molar refractivity (Wildman–Crippen MR) is 113 cm³/mol. The average Bonchev–Trinajstić information content (AvgIpc) is 3.27. The lowest BCUT2D eigenvalue weighted by Crippen LogP contribution is -2.37. The third-order valence-electron chi connectivity index (χ3n) is 5.67. The van der Waals surface area contributed by atoms with E-state index in [1.54, 1.807) is 0 Å². The molecule has 2 heterocycles. The van der Waals surface area contributed by atoms with Crippen molar-refractivity contribution in [2.24, 2.45) is 5.92 Å². The van der Waals surface area contributed by atoms with E-state index in [0.717, 1.165) is 36.6 Å². The van der Waals surface area contributed by atoms with E-state index < -0.39 is 0 Å². The van der Waals surface area contributed by atoms with Gasteiger partial charge in [0.1, 0.15) is 0 Å². The van der Waals surface area contributed by atoms with Gasteiger partial charge in [-0.05, 0) is 51.3 Å². The van der Waals surface area contributed by atoms with Gasteiger partial charge in [-0.3, -0.25) is 14.4 Å². The van der Waals surface area contributed by atoms with Crippen LogP contribution in [0, 0.1) is 19.8 Å². The molecule has 3 rings (SSSR count). The summed E-state index contributed by atoms with van der Waals surface area (Å²) in [6, 6.07) is 10.8. The van der Waals surface area contributed by atoms with E-state index in [0.29, 0.717) is 18.9 Å². The van der Waals surface area contributed by atoms with Crippen molar-refractivity contribution < 1.29 is 4.79 Å². The zero-order valence-electron chi connectivity index (χ0n) is 17.7. The fourth-order valence-corrected chi connectivity index (χ4v) is 4.13. The molecule has 1 aliphatic heterocycles. The molecule has 0 spiro atoms. The summed E-state index contributed by atoms with van der Waals surface area (Å²) in [5.41, 5.74) is 4.42. The minimum atomic E-state index is 0.0791. The second-order valence-electron chi connectivity index (χ2n) is 8.38. The first-order valence-electron chi connectivity index (χ1n) is 10.5. The number of nitrogens with one attached hydrogen (secondary N) is 1. The average molecular weight is 383 g/mol. The van der Waals surface area contributed by atoms with E-state index in [9.17, 15) is 4.79 Å². The van der Waals surface area contributed by atoms with E-state index in [1.165, 1.54) is 18.4 Å². The minimum Gasteiger partial charge on any atom is -0.354 e. The van der Waals surface area contributed by atoms with Gasteiger partial charge in [-0.25, -0.2) is 0 Å². The maximum atomic E-state index is 12.7. The molecule has 1 amide bonds. The molecule has 152 valence electrons. The number of carbonyl (C=O) groups excluding carboxylic acids is 1. The lowest BCUT2D eigenvalue weighted by molar-refractivity contribution is -0.120. The van der Waals surface area contributed by atoms with Crippen LogP contribution in [-0.4, -0.2) is 40.2 Å². The number of carbonyl (C=O) groups is 1. The van der Waals surface area contributed by atoms with Crippen molar-refractivity contribution in [3.8, 4) is 0 Å². The van der Waals surface area contributed by atoms with Crippen LogP contribution in [0.2, 0.25) is 0 Å². The maximum absolute atomic E-state index is 12.7. The van der Waals surface area contributed by atoms with Crippen LogP contribution < -0.4 is 5.32 Å². The van der Waals surface area contributed by atoms with Crippen molar-refractivity contribution in [3.63, 3.8) is 0 Å². The number of hydrogen-bond acceptors (Lipinski definition) is 3. The summed E-state index contributed by atoms with van der Waals surface area (Å²) in [7, 11) is 0. The first-order valence-corrected chi connectivity index (χ1v) is 10.5. The number of nitrogens with zero attached hydrogens (tertiary/aromatic N) is 3. The van der Waals surface area contributed by atoms with Gasteiger partial charge < -0.3 is 5.32 Å². The molecule has 1 atom stereocenters. The Kier molecular flexibility index (Phi) is 6.89. The van der Waals surface area contributed by atoms with Gasteiger partial charge in [-0.2, -0.15) is 5.10 Å². The van der Waals surface area contributed by atoms with E-state index in [2.05, 4.69) is 60.4 Å². The van der Waals surface area contributed by atoms with Crippen LogP contribution in [-0.2, 0) is 17.8 Å². The largest absolute Gasteiger partial charge is 0.354 e. The van der Waals surface area contributed by atoms with Crippen LogP contribution in [0.5, 0.6) is 0 Å². The Bertz CT molecular complexity index is 775. The molecule has 0 saturated carbocycles. The van der Waals surface area contributed by atoms with Crippen molar-refractivity contribution in [2.75, 3.05) is 19.6 Å². The second kappa shape index (κ2) is 9.37. The van der Waals surface area contributed by atoms with Crippen LogP contribution in [0.1, 0.15) is 55.2 Å². The highest BCUT2D eigenvalue weighted by atomic mass is 16.1. The Labute approximate surface area is 169 Å². The molecule has 0 bridgehead atoms. The third kappa shape index (κ3) is 5.02.